The normalized spacial score (nSPS) is 20.4. The predicted octanol–water partition coefficient (Wildman–Crippen LogP) is 2.68. The van der Waals surface area contributed by atoms with E-state index in [1.807, 2.05) is 35.8 Å². The molecule has 1 amide bonds. The van der Waals surface area contributed by atoms with Crippen LogP contribution in [0.15, 0.2) is 69.0 Å². The van der Waals surface area contributed by atoms with E-state index in [9.17, 15) is 14.7 Å². The fourth-order valence-electron chi connectivity index (χ4n) is 5.56. The number of hydrogen-bond acceptors (Lipinski definition) is 5. The third-order valence-corrected chi connectivity index (χ3v) is 7.57. The van der Waals surface area contributed by atoms with Crippen LogP contribution in [-0.4, -0.2) is 41.5 Å². The first-order chi connectivity index (χ1) is 17.9. The third-order valence-electron chi connectivity index (χ3n) is 7.08. The maximum absolute atomic E-state index is 12.4. The number of phenols is 1. The maximum atomic E-state index is 12.4. The number of nitrogens with one attached hydrogen (secondary N) is 2. The standard InChI is InChI=1S/C28H29BrN4O4/c1-2-37-26-9-6-18(13-30-31-28(36)23-12-22(29)7-8-25(23)34)10-21(26)17-32-14-19-11-20(16-32)24-4-3-5-27(35)33(24)15-19/h3-10,12-13,19-20,34H,2,11,14-17H2,1H3,(H,31,36)/p+1. The van der Waals surface area contributed by atoms with Crippen molar-refractivity contribution in [2.45, 2.75) is 32.4 Å². The number of fused-ring (bicyclic) bond motifs is 4. The highest BCUT2D eigenvalue weighted by Gasteiger charge is 2.37. The van der Waals surface area contributed by atoms with Crippen LogP contribution in [0.2, 0.25) is 0 Å². The number of benzene rings is 2. The first-order valence-corrected chi connectivity index (χ1v) is 13.3. The first-order valence-electron chi connectivity index (χ1n) is 12.5. The van der Waals surface area contributed by atoms with Crippen LogP contribution in [0.4, 0.5) is 0 Å². The summed E-state index contributed by atoms with van der Waals surface area (Å²) < 4.78 is 8.57. The molecule has 3 heterocycles. The van der Waals surface area contributed by atoms with Gasteiger partial charge in [-0.25, -0.2) is 5.43 Å². The van der Waals surface area contributed by atoms with Crippen LogP contribution >= 0.6 is 15.9 Å². The molecule has 1 fully saturated rings. The van der Waals surface area contributed by atoms with E-state index < -0.39 is 5.91 Å². The molecule has 1 saturated heterocycles. The van der Waals surface area contributed by atoms with Crippen molar-refractivity contribution < 1.29 is 19.5 Å². The number of piperidine rings is 1. The number of quaternary nitrogens is 1. The molecule has 2 bridgehead atoms. The number of phenolic OH excluding ortho intramolecular Hbond substituents is 1. The molecule has 5 rings (SSSR count). The average molecular weight is 566 g/mol. The van der Waals surface area contributed by atoms with Crippen molar-refractivity contribution in [1.82, 2.24) is 9.99 Å². The van der Waals surface area contributed by atoms with Crippen LogP contribution in [-0.2, 0) is 13.1 Å². The minimum atomic E-state index is -0.495. The van der Waals surface area contributed by atoms with Gasteiger partial charge in [0.1, 0.15) is 18.0 Å². The van der Waals surface area contributed by atoms with Crippen LogP contribution in [0.5, 0.6) is 11.5 Å². The van der Waals surface area contributed by atoms with Gasteiger partial charge in [-0.2, -0.15) is 5.10 Å². The van der Waals surface area contributed by atoms with Gasteiger partial charge in [0.25, 0.3) is 11.5 Å². The van der Waals surface area contributed by atoms with Gasteiger partial charge in [0.05, 0.1) is 31.5 Å². The van der Waals surface area contributed by atoms with Gasteiger partial charge in [-0.3, -0.25) is 9.59 Å². The summed E-state index contributed by atoms with van der Waals surface area (Å²) in [5.41, 5.74) is 5.80. The monoisotopic (exact) mass is 565 g/mol. The Hall–Kier alpha value is -3.43. The molecule has 9 heteroatoms. The second-order valence-corrected chi connectivity index (χ2v) is 10.6. The summed E-state index contributed by atoms with van der Waals surface area (Å²) in [6.45, 7) is 6.11. The summed E-state index contributed by atoms with van der Waals surface area (Å²) in [6, 6.07) is 16.2. The summed E-state index contributed by atoms with van der Waals surface area (Å²) >= 11 is 3.31. The summed E-state index contributed by atoms with van der Waals surface area (Å²) in [7, 11) is 0. The fourth-order valence-corrected chi connectivity index (χ4v) is 5.92. The summed E-state index contributed by atoms with van der Waals surface area (Å²) in [4.78, 5) is 26.2. The first kappa shape index (κ1) is 25.2. The number of aromatic nitrogens is 1. The highest BCUT2D eigenvalue weighted by atomic mass is 79.9. The Morgan fingerprint density at radius 3 is 2.95 bits per heavy atom. The molecule has 8 nitrogen and oxygen atoms in total. The molecule has 3 unspecified atom stereocenters. The van der Waals surface area contributed by atoms with Crippen molar-refractivity contribution >= 4 is 28.1 Å². The zero-order valence-electron chi connectivity index (χ0n) is 20.6. The Morgan fingerprint density at radius 2 is 2.11 bits per heavy atom. The Kier molecular flexibility index (Phi) is 7.43. The summed E-state index contributed by atoms with van der Waals surface area (Å²) in [6.07, 6.45) is 2.72. The predicted molar refractivity (Wildman–Crippen MR) is 144 cm³/mol. The van der Waals surface area contributed by atoms with Gasteiger partial charge >= 0.3 is 0 Å². The van der Waals surface area contributed by atoms with Crippen molar-refractivity contribution in [2.24, 2.45) is 11.0 Å². The molecular weight excluding hydrogens is 536 g/mol. The number of pyridine rings is 1. The number of ether oxygens (including phenoxy) is 1. The number of nitrogens with zero attached hydrogens (tertiary/aromatic N) is 2. The van der Waals surface area contributed by atoms with E-state index in [1.54, 1.807) is 24.4 Å². The summed E-state index contributed by atoms with van der Waals surface area (Å²) in [5, 5.41) is 14.1. The number of carbonyl (C=O) groups excluding carboxylic acids is 1. The van der Waals surface area contributed by atoms with Crippen molar-refractivity contribution in [1.29, 1.82) is 0 Å². The van der Waals surface area contributed by atoms with Gasteiger partial charge in [-0.1, -0.05) is 22.0 Å². The molecule has 0 spiro atoms. The SMILES string of the molecule is CCOc1ccc(C=NNC(=O)c2cc(Br)ccc2O)cc1C[NH+]1CC2CC(C1)c1cccc(=O)n1C2. The van der Waals surface area contributed by atoms with Gasteiger partial charge in [0, 0.05) is 40.2 Å². The lowest BCUT2D eigenvalue weighted by Crippen LogP contribution is -3.13. The molecule has 3 aromatic rings. The Bertz CT molecular complexity index is 1400. The third kappa shape index (κ3) is 5.62. The van der Waals surface area contributed by atoms with E-state index in [0.29, 0.717) is 22.9 Å². The highest BCUT2D eigenvalue weighted by Crippen LogP contribution is 2.30. The molecule has 192 valence electrons. The molecule has 0 saturated carbocycles. The minimum absolute atomic E-state index is 0.100. The Morgan fingerprint density at radius 1 is 1.24 bits per heavy atom. The van der Waals surface area contributed by atoms with Gasteiger partial charge in [0.2, 0.25) is 0 Å². The second-order valence-electron chi connectivity index (χ2n) is 9.69. The topological polar surface area (TPSA) is 97.4 Å². The minimum Gasteiger partial charge on any atom is -0.507 e. The van der Waals surface area contributed by atoms with Crippen LogP contribution in [0.3, 0.4) is 0 Å². The maximum Gasteiger partial charge on any atom is 0.275 e. The lowest BCUT2D eigenvalue weighted by atomic mass is 9.83. The molecule has 0 radical (unpaired) electrons. The number of hydrogen-bond donors (Lipinski definition) is 3. The van der Waals surface area contributed by atoms with Gasteiger partial charge < -0.3 is 19.3 Å². The molecule has 1 aromatic heterocycles. The number of hydrazone groups is 1. The highest BCUT2D eigenvalue weighted by molar-refractivity contribution is 9.10. The Labute approximate surface area is 223 Å². The molecular formula is C28H30BrN4O4+. The second kappa shape index (κ2) is 10.9. The van der Waals surface area contributed by atoms with E-state index in [2.05, 4.69) is 32.5 Å². The van der Waals surface area contributed by atoms with Crippen LogP contribution < -0.4 is 20.6 Å². The van der Waals surface area contributed by atoms with E-state index >= 15 is 0 Å². The van der Waals surface area contributed by atoms with E-state index in [0.717, 1.165) is 55.2 Å². The zero-order valence-corrected chi connectivity index (χ0v) is 22.2. The number of carbonyl (C=O) groups is 1. The zero-order chi connectivity index (χ0) is 25.9. The van der Waals surface area contributed by atoms with Gasteiger partial charge in [0.15, 0.2) is 0 Å². The largest absolute Gasteiger partial charge is 0.507 e. The lowest BCUT2D eigenvalue weighted by Gasteiger charge is -2.40. The van der Waals surface area contributed by atoms with E-state index in [4.69, 9.17) is 4.74 Å². The van der Waals surface area contributed by atoms with Crippen molar-refractivity contribution in [3.63, 3.8) is 0 Å². The number of amides is 1. The lowest BCUT2D eigenvalue weighted by molar-refractivity contribution is -0.924. The van der Waals surface area contributed by atoms with Gasteiger partial charge in [-0.15, -0.1) is 0 Å². The van der Waals surface area contributed by atoms with Crippen molar-refractivity contribution in [3.8, 4) is 11.5 Å². The molecule has 3 atom stereocenters. The van der Waals surface area contributed by atoms with Crippen molar-refractivity contribution in [3.05, 3.63) is 91.8 Å². The number of halogens is 1. The van der Waals surface area contributed by atoms with E-state index in [-0.39, 0.29) is 16.9 Å². The molecule has 0 aliphatic carbocycles. The smallest absolute Gasteiger partial charge is 0.275 e. The molecule has 2 aromatic carbocycles. The van der Waals surface area contributed by atoms with Crippen LogP contribution in [0.1, 0.15) is 46.4 Å². The number of aromatic hydroxyl groups is 1. The van der Waals surface area contributed by atoms with E-state index in [1.165, 1.54) is 11.0 Å². The Balaban J connectivity index is 1.31. The molecule has 2 aliphatic rings. The average Bonchev–Trinajstić information content (AvgIpc) is 2.87. The van der Waals surface area contributed by atoms with Crippen LogP contribution in [0.25, 0.3) is 0 Å². The quantitative estimate of drug-likeness (QED) is 0.303. The molecule has 37 heavy (non-hydrogen) atoms. The fraction of sp³-hybridized carbons (Fsp3) is 0.321. The van der Waals surface area contributed by atoms with Gasteiger partial charge in [-0.05, 0) is 61.4 Å². The molecule has 2 aliphatic heterocycles. The van der Waals surface area contributed by atoms with Crippen molar-refractivity contribution in [2.75, 3.05) is 19.7 Å². The van der Waals surface area contributed by atoms with Crippen LogP contribution in [0, 0.1) is 5.92 Å². The molecule has 3 N–H and O–H groups in total. The summed E-state index contributed by atoms with van der Waals surface area (Å²) in [5.74, 6) is 1.10. The number of rotatable bonds is 7. The number of likely N-dealkylation sites (tertiary alicyclic amines) is 1.